The molecule has 2 aliphatic rings. The Hall–Kier alpha value is -2.93. The zero-order valence-corrected chi connectivity index (χ0v) is 17.3. The van der Waals surface area contributed by atoms with Gasteiger partial charge >= 0.3 is 0 Å². The van der Waals surface area contributed by atoms with Crippen LogP contribution in [0.25, 0.3) is 5.69 Å². The Labute approximate surface area is 180 Å². The molecule has 3 aromatic rings. The molecule has 154 valence electrons. The number of carbonyl (C=O) groups is 1. The van der Waals surface area contributed by atoms with Gasteiger partial charge in [-0.05, 0) is 56.4 Å². The van der Waals surface area contributed by atoms with Crippen molar-refractivity contribution < 1.29 is 4.79 Å². The highest BCUT2D eigenvalue weighted by molar-refractivity contribution is 6.29. The lowest BCUT2D eigenvalue weighted by atomic mass is 9.97. The van der Waals surface area contributed by atoms with Crippen molar-refractivity contribution >= 4 is 29.1 Å². The van der Waals surface area contributed by atoms with E-state index in [4.69, 9.17) is 16.7 Å². The average molecular weight is 423 g/mol. The maximum Gasteiger partial charge on any atom is 0.230 e. The Kier molecular flexibility index (Phi) is 5.12. The van der Waals surface area contributed by atoms with Crippen LogP contribution in [0, 0.1) is 5.92 Å². The molecular formula is C22H23ClN6O. The van der Waals surface area contributed by atoms with Gasteiger partial charge in [0.05, 0.1) is 17.3 Å². The van der Waals surface area contributed by atoms with E-state index in [9.17, 15) is 4.79 Å². The molecule has 0 bridgehead atoms. The summed E-state index contributed by atoms with van der Waals surface area (Å²) in [4.78, 5) is 15.4. The first-order chi connectivity index (χ1) is 14.7. The van der Waals surface area contributed by atoms with Crippen LogP contribution < -0.4 is 10.2 Å². The van der Waals surface area contributed by atoms with Gasteiger partial charge in [-0.3, -0.25) is 4.79 Å². The molecule has 2 aromatic heterocycles. The van der Waals surface area contributed by atoms with Crippen molar-refractivity contribution in [3.63, 3.8) is 0 Å². The second-order valence-electron chi connectivity index (χ2n) is 7.86. The maximum atomic E-state index is 13.2. The van der Waals surface area contributed by atoms with E-state index in [1.807, 2.05) is 41.1 Å². The SMILES string of the molecule is O=C(Nc1c2c(nn1-c1ccccc1)CCC2)[C@@H]1CCCN(c2ccc(Cl)nn2)C1. The molecule has 0 saturated carbocycles. The number of aromatic nitrogens is 4. The van der Waals surface area contributed by atoms with Crippen molar-refractivity contribution in [2.45, 2.75) is 32.1 Å². The Bertz CT molecular complexity index is 1050. The number of hydrogen-bond acceptors (Lipinski definition) is 5. The van der Waals surface area contributed by atoms with Gasteiger partial charge in [-0.2, -0.15) is 5.10 Å². The quantitative estimate of drug-likeness (QED) is 0.694. The van der Waals surface area contributed by atoms with Gasteiger partial charge in [-0.15, -0.1) is 10.2 Å². The number of amides is 1. The van der Waals surface area contributed by atoms with Gasteiger partial charge < -0.3 is 10.2 Å². The molecule has 0 radical (unpaired) electrons. The molecule has 8 heteroatoms. The van der Waals surface area contributed by atoms with Crippen LogP contribution in [-0.4, -0.2) is 39.0 Å². The fraction of sp³-hybridized carbons (Fsp3) is 0.364. The van der Waals surface area contributed by atoms with Crippen LogP contribution in [0.2, 0.25) is 5.15 Å². The van der Waals surface area contributed by atoms with Crippen LogP contribution in [0.1, 0.15) is 30.5 Å². The summed E-state index contributed by atoms with van der Waals surface area (Å²) < 4.78 is 1.88. The molecule has 1 aromatic carbocycles. The number of fused-ring (bicyclic) bond motifs is 1. The number of hydrogen-bond donors (Lipinski definition) is 1. The molecule has 1 amide bonds. The van der Waals surface area contributed by atoms with E-state index in [1.165, 1.54) is 5.56 Å². The Morgan fingerprint density at radius 3 is 2.73 bits per heavy atom. The molecule has 1 aliphatic heterocycles. The highest BCUT2D eigenvalue weighted by atomic mass is 35.5. The molecule has 5 rings (SSSR count). The Morgan fingerprint density at radius 2 is 1.93 bits per heavy atom. The van der Waals surface area contributed by atoms with Crippen molar-refractivity contribution in [3.05, 3.63) is 58.9 Å². The van der Waals surface area contributed by atoms with Crippen LogP contribution in [0.4, 0.5) is 11.6 Å². The summed E-state index contributed by atoms with van der Waals surface area (Å²) in [6, 6.07) is 13.6. The first-order valence-electron chi connectivity index (χ1n) is 10.4. The minimum Gasteiger partial charge on any atom is -0.354 e. The van der Waals surface area contributed by atoms with Crippen molar-refractivity contribution in [1.29, 1.82) is 0 Å². The second kappa shape index (κ2) is 8.07. The van der Waals surface area contributed by atoms with Crippen LogP contribution in [0.3, 0.4) is 0 Å². The number of nitrogens with one attached hydrogen (secondary N) is 1. The van der Waals surface area contributed by atoms with Gasteiger partial charge in [0, 0.05) is 18.7 Å². The fourth-order valence-electron chi connectivity index (χ4n) is 4.37. The van der Waals surface area contributed by atoms with Crippen LogP contribution in [-0.2, 0) is 17.6 Å². The number of rotatable bonds is 4. The van der Waals surface area contributed by atoms with E-state index in [-0.39, 0.29) is 11.8 Å². The number of halogens is 1. The van der Waals surface area contributed by atoms with Gasteiger partial charge in [0.15, 0.2) is 11.0 Å². The number of benzene rings is 1. The molecule has 1 saturated heterocycles. The van der Waals surface area contributed by atoms with Crippen molar-refractivity contribution in [1.82, 2.24) is 20.0 Å². The van der Waals surface area contributed by atoms with Gasteiger partial charge in [-0.1, -0.05) is 29.8 Å². The number of anilines is 2. The summed E-state index contributed by atoms with van der Waals surface area (Å²) in [5.41, 5.74) is 3.23. The standard InChI is InChI=1S/C22H23ClN6O/c23-19-11-12-20(26-25-19)28-13-5-6-15(14-28)22(30)24-21-17-9-4-10-18(17)27-29(21)16-7-2-1-3-8-16/h1-3,7-8,11-12,15H,4-6,9-10,13-14H2,(H,24,30)/t15-/m1/s1. The summed E-state index contributed by atoms with van der Waals surface area (Å²) in [5.74, 6) is 1.50. The maximum absolute atomic E-state index is 13.2. The molecule has 1 atom stereocenters. The Morgan fingerprint density at radius 1 is 1.07 bits per heavy atom. The lowest BCUT2D eigenvalue weighted by molar-refractivity contribution is -0.120. The van der Waals surface area contributed by atoms with Gasteiger partial charge in [-0.25, -0.2) is 4.68 Å². The minimum atomic E-state index is -0.118. The molecule has 0 unspecified atom stereocenters. The summed E-state index contributed by atoms with van der Waals surface area (Å²) in [6.07, 6.45) is 4.78. The topological polar surface area (TPSA) is 75.9 Å². The number of piperidine rings is 1. The molecule has 1 aliphatic carbocycles. The number of nitrogens with zero attached hydrogens (tertiary/aromatic N) is 5. The number of carbonyl (C=O) groups excluding carboxylic acids is 1. The molecule has 0 spiro atoms. The van der Waals surface area contributed by atoms with E-state index < -0.39 is 0 Å². The van der Waals surface area contributed by atoms with Crippen molar-refractivity contribution in [3.8, 4) is 5.69 Å². The highest BCUT2D eigenvalue weighted by Crippen LogP contribution is 2.32. The lowest BCUT2D eigenvalue weighted by Crippen LogP contribution is -2.41. The minimum absolute atomic E-state index is 0.0356. The first-order valence-corrected chi connectivity index (χ1v) is 10.8. The molecule has 30 heavy (non-hydrogen) atoms. The average Bonchev–Trinajstić information content (AvgIpc) is 3.37. The third-order valence-electron chi connectivity index (χ3n) is 5.88. The highest BCUT2D eigenvalue weighted by Gasteiger charge is 2.30. The van der Waals surface area contributed by atoms with Crippen LogP contribution in [0.5, 0.6) is 0 Å². The summed E-state index contributed by atoms with van der Waals surface area (Å²) in [5, 5.41) is 16.5. The fourth-order valence-corrected chi connectivity index (χ4v) is 4.47. The first kappa shape index (κ1) is 19.1. The molecule has 7 nitrogen and oxygen atoms in total. The van der Waals surface area contributed by atoms with E-state index in [0.717, 1.165) is 61.7 Å². The van der Waals surface area contributed by atoms with Crippen LogP contribution >= 0.6 is 11.6 Å². The zero-order chi connectivity index (χ0) is 20.5. The van der Waals surface area contributed by atoms with E-state index in [2.05, 4.69) is 20.4 Å². The monoisotopic (exact) mass is 422 g/mol. The normalized spacial score (nSPS) is 18.3. The van der Waals surface area contributed by atoms with E-state index in [0.29, 0.717) is 11.7 Å². The Balaban J connectivity index is 1.37. The lowest BCUT2D eigenvalue weighted by Gasteiger charge is -2.32. The third-order valence-corrected chi connectivity index (χ3v) is 6.09. The van der Waals surface area contributed by atoms with Gasteiger partial charge in [0.25, 0.3) is 0 Å². The molecule has 1 N–H and O–H groups in total. The third kappa shape index (κ3) is 3.65. The molecule has 3 heterocycles. The van der Waals surface area contributed by atoms with E-state index >= 15 is 0 Å². The number of para-hydroxylation sites is 1. The van der Waals surface area contributed by atoms with Crippen LogP contribution in [0.15, 0.2) is 42.5 Å². The second-order valence-corrected chi connectivity index (χ2v) is 8.25. The van der Waals surface area contributed by atoms with Crippen molar-refractivity contribution in [2.24, 2.45) is 5.92 Å². The summed E-state index contributed by atoms with van der Waals surface area (Å²) in [7, 11) is 0. The smallest absolute Gasteiger partial charge is 0.230 e. The number of aryl methyl sites for hydroxylation is 1. The van der Waals surface area contributed by atoms with Gasteiger partial charge in [0.2, 0.25) is 5.91 Å². The largest absolute Gasteiger partial charge is 0.354 e. The predicted molar refractivity (Wildman–Crippen MR) is 116 cm³/mol. The predicted octanol–water partition coefficient (Wildman–Crippen LogP) is 3.66. The van der Waals surface area contributed by atoms with Crippen molar-refractivity contribution in [2.75, 3.05) is 23.3 Å². The molecular weight excluding hydrogens is 400 g/mol. The summed E-state index contributed by atoms with van der Waals surface area (Å²) in [6.45, 7) is 1.47. The summed E-state index contributed by atoms with van der Waals surface area (Å²) >= 11 is 5.86. The zero-order valence-electron chi connectivity index (χ0n) is 16.6. The molecule has 1 fully saturated rings. The van der Waals surface area contributed by atoms with Gasteiger partial charge in [0.1, 0.15) is 5.82 Å². The van der Waals surface area contributed by atoms with E-state index in [1.54, 1.807) is 6.07 Å².